The summed E-state index contributed by atoms with van der Waals surface area (Å²) in [4.78, 5) is 10.9. The summed E-state index contributed by atoms with van der Waals surface area (Å²) in [5.74, 6) is 4.12. The highest BCUT2D eigenvalue weighted by molar-refractivity contribution is 5.49. The minimum absolute atomic E-state index is 0.0966. The lowest BCUT2D eigenvalue weighted by atomic mass is 9.46. The Morgan fingerprint density at radius 3 is 2.46 bits per heavy atom. The number of aliphatic hydroxyl groups is 1. The fourth-order valence-electron chi connectivity index (χ4n) is 10.4. The lowest BCUT2D eigenvalue weighted by Gasteiger charge is -2.59. The smallest absolute Gasteiger partial charge is 0.120 e. The van der Waals surface area contributed by atoms with Crippen molar-refractivity contribution in [3.05, 3.63) is 0 Å². The highest BCUT2D eigenvalue weighted by Crippen LogP contribution is 2.87. The molecule has 2 nitrogen and oxygen atoms in total. The summed E-state index contributed by atoms with van der Waals surface area (Å²) in [5, 5.41) is 10.7. The zero-order valence-corrected chi connectivity index (χ0v) is 18.7. The molecule has 28 heavy (non-hydrogen) atoms. The van der Waals surface area contributed by atoms with Gasteiger partial charge in [0.25, 0.3) is 0 Å². The Kier molecular flexibility index (Phi) is 4.25. The number of carbonyl (C=O) groups excluding carboxylic acids is 1. The first kappa shape index (κ1) is 19.6. The van der Waals surface area contributed by atoms with Crippen molar-refractivity contribution in [2.24, 2.45) is 51.2 Å². The number of fused-ring (bicyclic) bond motifs is 2. The average molecular weight is 387 g/mol. The molecule has 2 spiro atoms. The van der Waals surface area contributed by atoms with Crippen LogP contribution < -0.4 is 0 Å². The van der Waals surface area contributed by atoms with E-state index in [0.717, 1.165) is 49.2 Å². The second-order valence-electron chi connectivity index (χ2n) is 12.6. The van der Waals surface area contributed by atoms with Gasteiger partial charge in [-0.05, 0) is 115 Å². The third-order valence-corrected chi connectivity index (χ3v) is 11.8. The van der Waals surface area contributed by atoms with E-state index in [1.807, 2.05) is 0 Å². The summed E-state index contributed by atoms with van der Waals surface area (Å²) >= 11 is 0. The molecule has 0 aromatic heterocycles. The maximum absolute atomic E-state index is 10.9. The summed E-state index contributed by atoms with van der Waals surface area (Å²) < 4.78 is 0. The molecule has 0 saturated heterocycles. The van der Waals surface area contributed by atoms with Gasteiger partial charge in [0.1, 0.15) is 6.29 Å². The highest BCUT2D eigenvalue weighted by Gasteiger charge is 2.80. The molecule has 1 N–H and O–H groups in total. The van der Waals surface area contributed by atoms with Crippen LogP contribution in [0.2, 0.25) is 0 Å². The average Bonchev–Trinajstić information content (AvgIpc) is 3.20. The predicted molar refractivity (Wildman–Crippen MR) is 113 cm³/mol. The third kappa shape index (κ3) is 2.22. The van der Waals surface area contributed by atoms with Crippen LogP contribution in [0.4, 0.5) is 0 Å². The summed E-state index contributed by atoms with van der Waals surface area (Å²) in [6.45, 7) is 9.79. The first-order chi connectivity index (χ1) is 13.2. The Balaban J connectivity index is 1.41. The molecule has 0 aromatic carbocycles. The fourth-order valence-corrected chi connectivity index (χ4v) is 10.4. The monoisotopic (exact) mass is 386 g/mol. The normalized spacial score (nSPS) is 54.7. The Bertz CT molecular complexity index is 655. The zero-order chi connectivity index (χ0) is 19.9. The molecule has 5 fully saturated rings. The maximum atomic E-state index is 10.9. The van der Waals surface area contributed by atoms with Gasteiger partial charge >= 0.3 is 0 Å². The van der Waals surface area contributed by atoms with Gasteiger partial charge in [0.05, 0.1) is 6.10 Å². The number of rotatable bonds is 4. The van der Waals surface area contributed by atoms with Crippen molar-refractivity contribution in [1.82, 2.24) is 0 Å². The molecule has 0 heterocycles. The van der Waals surface area contributed by atoms with Crippen LogP contribution in [-0.2, 0) is 4.79 Å². The van der Waals surface area contributed by atoms with Crippen molar-refractivity contribution in [3.8, 4) is 0 Å². The summed E-state index contributed by atoms with van der Waals surface area (Å²) in [6.07, 6.45) is 15.1. The summed E-state index contributed by atoms with van der Waals surface area (Å²) in [7, 11) is 0. The van der Waals surface area contributed by atoms with Gasteiger partial charge in [-0.15, -0.1) is 0 Å². The van der Waals surface area contributed by atoms with E-state index >= 15 is 0 Å². The van der Waals surface area contributed by atoms with Crippen LogP contribution in [-0.4, -0.2) is 17.5 Å². The van der Waals surface area contributed by atoms with E-state index in [2.05, 4.69) is 27.7 Å². The number of carbonyl (C=O) groups is 1. The van der Waals surface area contributed by atoms with Crippen molar-refractivity contribution in [3.63, 3.8) is 0 Å². The van der Waals surface area contributed by atoms with E-state index < -0.39 is 0 Å². The molecule has 5 aliphatic carbocycles. The standard InChI is InChI=1S/C26H42O2/c1-17(6-5-15-27)18-7-8-19-20-9-10-21-23(2,3)22(28)11-12-26(21)16-25(20,26)14-13-24(18,19)4/h15,17-22,28H,5-14,16H2,1-4H3. The molecular weight excluding hydrogens is 344 g/mol. The molecule has 2 heteroatoms. The topological polar surface area (TPSA) is 37.3 Å². The van der Waals surface area contributed by atoms with Crippen molar-refractivity contribution in [2.45, 2.75) is 104 Å². The second-order valence-corrected chi connectivity index (χ2v) is 12.6. The van der Waals surface area contributed by atoms with Gasteiger partial charge in [-0.3, -0.25) is 0 Å². The summed E-state index contributed by atoms with van der Waals surface area (Å²) in [5.41, 5.74) is 1.81. The van der Waals surface area contributed by atoms with Gasteiger partial charge < -0.3 is 9.90 Å². The molecule has 0 amide bonds. The van der Waals surface area contributed by atoms with E-state index in [9.17, 15) is 9.90 Å². The first-order valence-electron chi connectivity index (χ1n) is 12.3. The minimum atomic E-state index is -0.0966. The van der Waals surface area contributed by atoms with E-state index in [1.165, 1.54) is 51.4 Å². The molecule has 9 unspecified atom stereocenters. The molecular formula is C26H42O2. The van der Waals surface area contributed by atoms with Crippen molar-refractivity contribution in [2.75, 3.05) is 0 Å². The minimum Gasteiger partial charge on any atom is -0.393 e. The number of hydrogen-bond acceptors (Lipinski definition) is 2. The van der Waals surface area contributed by atoms with E-state index in [-0.39, 0.29) is 11.5 Å². The highest BCUT2D eigenvalue weighted by atomic mass is 16.3. The third-order valence-electron chi connectivity index (χ3n) is 11.8. The van der Waals surface area contributed by atoms with Crippen LogP contribution in [0.25, 0.3) is 0 Å². The maximum Gasteiger partial charge on any atom is 0.120 e. The molecule has 5 aliphatic rings. The Hall–Kier alpha value is -0.370. The molecule has 158 valence electrons. The van der Waals surface area contributed by atoms with Crippen LogP contribution in [0.3, 0.4) is 0 Å². The van der Waals surface area contributed by atoms with Crippen LogP contribution in [0.5, 0.6) is 0 Å². The zero-order valence-electron chi connectivity index (χ0n) is 18.7. The van der Waals surface area contributed by atoms with E-state index in [1.54, 1.807) is 0 Å². The van der Waals surface area contributed by atoms with Crippen LogP contribution in [0, 0.1) is 51.2 Å². The molecule has 0 aliphatic heterocycles. The van der Waals surface area contributed by atoms with Gasteiger partial charge in [0.15, 0.2) is 0 Å². The molecule has 9 atom stereocenters. The van der Waals surface area contributed by atoms with Gasteiger partial charge in [0, 0.05) is 6.42 Å². The molecule has 0 radical (unpaired) electrons. The van der Waals surface area contributed by atoms with Crippen LogP contribution in [0.1, 0.15) is 98.3 Å². The van der Waals surface area contributed by atoms with Crippen LogP contribution >= 0.6 is 0 Å². The van der Waals surface area contributed by atoms with Crippen molar-refractivity contribution in [1.29, 1.82) is 0 Å². The summed E-state index contributed by atoms with van der Waals surface area (Å²) in [6, 6.07) is 0. The number of aldehydes is 1. The fraction of sp³-hybridized carbons (Fsp3) is 0.962. The van der Waals surface area contributed by atoms with Gasteiger partial charge in [-0.25, -0.2) is 0 Å². The number of hydrogen-bond donors (Lipinski definition) is 1. The second kappa shape index (κ2) is 6.08. The van der Waals surface area contributed by atoms with Crippen LogP contribution in [0.15, 0.2) is 0 Å². The lowest BCUT2D eigenvalue weighted by Crippen LogP contribution is -2.54. The molecule has 0 bridgehead atoms. The van der Waals surface area contributed by atoms with Crippen molar-refractivity contribution >= 4 is 6.29 Å². The van der Waals surface area contributed by atoms with Gasteiger partial charge in [0.2, 0.25) is 0 Å². The molecule has 0 aromatic rings. The quantitative estimate of drug-likeness (QED) is 0.601. The van der Waals surface area contributed by atoms with E-state index in [4.69, 9.17) is 0 Å². The SMILES string of the molecule is CC(CCC=O)C1CCC2C3CCC4C(C)(C)C(O)CCC45CC35CCC12C. The van der Waals surface area contributed by atoms with Gasteiger partial charge in [-0.1, -0.05) is 27.7 Å². The largest absolute Gasteiger partial charge is 0.393 e. The Morgan fingerprint density at radius 2 is 1.71 bits per heavy atom. The Labute approximate surface area is 172 Å². The predicted octanol–water partition coefficient (Wildman–Crippen LogP) is 6.01. The molecule has 5 rings (SSSR count). The Morgan fingerprint density at radius 1 is 0.964 bits per heavy atom. The number of aliphatic hydroxyl groups excluding tert-OH is 1. The molecule has 5 saturated carbocycles. The van der Waals surface area contributed by atoms with E-state index in [0.29, 0.717) is 22.2 Å². The lowest BCUT2D eigenvalue weighted by molar-refractivity contribution is -0.133. The van der Waals surface area contributed by atoms with Crippen molar-refractivity contribution < 1.29 is 9.90 Å². The van der Waals surface area contributed by atoms with Gasteiger partial charge in [-0.2, -0.15) is 0 Å². The first-order valence-corrected chi connectivity index (χ1v) is 12.3.